The highest BCUT2D eigenvalue weighted by molar-refractivity contribution is 5.47. The summed E-state index contributed by atoms with van der Waals surface area (Å²) in [6, 6.07) is 0. The van der Waals surface area contributed by atoms with Gasteiger partial charge in [0.05, 0.1) is 0 Å². The predicted octanol–water partition coefficient (Wildman–Crippen LogP) is 3.61. The van der Waals surface area contributed by atoms with Gasteiger partial charge in [-0.25, -0.2) is 0 Å². The van der Waals surface area contributed by atoms with E-state index < -0.39 is 0 Å². The minimum Gasteiger partial charge on any atom is -0.330 e. The molecule has 1 rings (SSSR count). The molecule has 0 saturated carbocycles. The third-order valence-corrected chi connectivity index (χ3v) is 2.84. The van der Waals surface area contributed by atoms with E-state index in [2.05, 4.69) is 51.7 Å². The van der Waals surface area contributed by atoms with Crippen molar-refractivity contribution >= 4 is 0 Å². The third kappa shape index (κ3) is 3.49. The summed E-state index contributed by atoms with van der Waals surface area (Å²) in [7, 11) is 0. The molecule has 0 heterocycles. The first-order valence-electron chi connectivity index (χ1n) is 6.00. The molecule has 0 aromatic carbocycles. The van der Waals surface area contributed by atoms with Gasteiger partial charge in [-0.15, -0.1) is 0 Å². The molecular formula is C15H23N. The normalized spacial score (nSPS) is 20.4. The molecule has 0 bridgehead atoms. The molecule has 0 fully saturated rings. The number of allylic oxidation sites excluding steroid dienone is 5. The van der Waals surface area contributed by atoms with Crippen LogP contribution in [0.4, 0.5) is 0 Å². The van der Waals surface area contributed by atoms with Gasteiger partial charge in [-0.2, -0.15) is 0 Å². The van der Waals surface area contributed by atoms with Crippen molar-refractivity contribution in [2.75, 3.05) is 6.54 Å². The van der Waals surface area contributed by atoms with Crippen LogP contribution in [-0.4, -0.2) is 6.54 Å². The van der Waals surface area contributed by atoms with Crippen LogP contribution >= 0.6 is 0 Å². The second kappa shape index (κ2) is 5.86. The average molecular weight is 217 g/mol. The number of nitrogens with two attached hydrogens (primary N) is 1. The molecule has 1 nitrogen and oxygen atoms in total. The minimum absolute atomic E-state index is 0.360. The molecule has 2 N–H and O–H groups in total. The van der Waals surface area contributed by atoms with Crippen molar-refractivity contribution in [3.63, 3.8) is 0 Å². The first-order valence-corrected chi connectivity index (χ1v) is 6.00. The van der Waals surface area contributed by atoms with Gasteiger partial charge in [0.1, 0.15) is 0 Å². The van der Waals surface area contributed by atoms with Crippen LogP contribution in [0.1, 0.15) is 27.2 Å². The van der Waals surface area contributed by atoms with E-state index in [1.807, 2.05) is 0 Å². The maximum Gasteiger partial charge on any atom is 0.00760 e. The van der Waals surface area contributed by atoms with Crippen molar-refractivity contribution in [1.29, 1.82) is 0 Å². The van der Waals surface area contributed by atoms with Gasteiger partial charge in [-0.1, -0.05) is 44.7 Å². The Hall–Kier alpha value is -1.08. The summed E-state index contributed by atoms with van der Waals surface area (Å²) < 4.78 is 0. The fourth-order valence-electron chi connectivity index (χ4n) is 1.93. The maximum absolute atomic E-state index is 5.68. The highest BCUT2D eigenvalue weighted by Crippen LogP contribution is 2.25. The Kier molecular flexibility index (Phi) is 4.75. The molecule has 1 aliphatic rings. The van der Waals surface area contributed by atoms with E-state index in [-0.39, 0.29) is 0 Å². The molecule has 0 radical (unpaired) electrons. The van der Waals surface area contributed by atoms with Gasteiger partial charge in [0.2, 0.25) is 0 Å². The summed E-state index contributed by atoms with van der Waals surface area (Å²) in [4.78, 5) is 0. The van der Waals surface area contributed by atoms with Crippen molar-refractivity contribution in [3.8, 4) is 0 Å². The Morgan fingerprint density at radius 3 is 2.56 bits per heavy atom. The zero-order chi connectivity index (χ0) is 12.1. The molecule has 0 amide bonds. The van der Waals surface area contributed by atoms with Crippen molar-refractivity contribution in [2.24, 2.45) is 17.6 Å². The second-order valence-corrected chi connectivity index (χ2v) is 4.92. The predicted molar refractivity (Wildman–Crippen MR) is 72.1 cm³/mol. The van der Waals surface area contributed by atoms with Crippen LogP contribution in [0.25, 0.3) is 0 Å². The van der Waals surface area contributed by atoms with E-state index in [0.717, 1.165) is 6.42 Å². The van der Waals surface area contributed by atoms with E-state index in [1.54, 1.807) is 0 Å². The van der Waals surface area contributed by atoms with Gasteiger partial charge >= 0.3 is 0 Å². The molecule has 88 valence electrons. The fourth-order valence-corrected chi connectivity index (χ4v) is 1.93. The summed E-state index contributed by atoms with van der Waals surface area (Å²) in [6.45, 7) is 11.4. The minimum atomic E-state index is 0.360. The zero-order valence-electron chi connectivity index (χ0n) is 10.7. The van der Waals surface area contributed by atoms with E-state index in [1.165, 1.54) is 16.7 Å². The lowest BCUT2D eigenvalue weighted by molar-refractivity contribution is 0.648. The summed E-state index contributed by atoms with van der Waals surface area (Å²) in [5.74, 6) is 1.01. The van der Waals surface area contributed by atoms with Crippen LogP contribution in [0.5, 0.6) is 0 Å². The largest absolute Gasteiger partial charge is 0.330 e. The van der Waals surface area contributed by atoms with Crippen LogP contribution in [0, 0.1) is 11.8 Å². The molecule has 1 aliphatic carbocycles. The monoisotopic (exact) mass is 217 g/mol. The highest BCUT2D eigenvalue weighted by Gasteiger charge is 2.08. The van der Waals surface area contributed by atoms with Gasteiger partial charge in [-0.05, 0) is 36.0 Å². The lowest BCUT2D eigenvalue weighted by Gasteiger charge is -2.11. The van der Waals surface area contributed by atoms with Crippen LogP contribution in [-0.2, 0) is 0 Å². The Balaban J connectivity index is 2.87. The topological polar surface area (TPSA) is 26.0 Å². The van der Waals surface area contributed by atoms with Gasteiger partial charge < -0.3 is 5.73 Å². The van der Waals surface area contributed by atoms with Crippen molar-refractivity contribution in [2.45, 2.75) is 27.2 Å². The van der Waals surface area contributed by atoms with Crippen LogP contribution in [0.15, 0.2) is 47.6 Å². The summed E-state index contributed by atoms with van der Waals surface area (Å²) in [6.07, 6.45) is 9.74. The smallest absolute Gasteiger partial charge is 0.00760 e. The summed E-state index contributed by atoms with van der Waals surface area (Å²) in [5, 5.41) is 0. The first kappa shape index (κ1) is 13.0. The molecule has 0 aliphatic heterocycles. The standard InChI is InChI=1S/C15H23N/c1-11(2)9-13(4)15-8-7-14(10-16)6-5-12(15)3/h5-8,11,14H,4,9-10,16H2,1-3H3. The second-order valence-electron chi connectivity index (χ2n) is 4.92. The maximum atomic E-state index is 5.68. The van der Waals surface area contributed by atoms with Crippen LogP contribution < -0.4 is 5.73 Å². The first-order chi connectivity index (χ1) is 7.54. The van der Waals surface area contributed by atoms with Crippen molar-refractivity contribution < 1.29 is 0 Å². The fraction of sp³-hybridized carbons (Fsp3) is 0.467. The molecule has 0 aromatic heterocycles. The summed E-state index contributed by atoms with van der Waals surface area (Å²) in [5.41, 5.74) is 9.47. The Bertz CT molecular complexity index is 342. The molecule has 16 heavy (non-hydrogen) atoms. The van der Waals surface area contributed by atoms with Crippen molar-refractivity contribution in [3.05, 3.63) is 47.6 Å². The van der Waals surface area contributed by atoms with E-state index >= 15 is 0 Å². The van der Waals surface area contributed by atoms with Gasteiger partial charge in [0, 0.05) is 12.5 Å². The highest BCUT2D eigenvalue weighted by atomic mass is 14.5. The zero-order valence-corrected chi connectivity index (χ0v) is 10.7. The number of hydrogen-bond donors (Lipinski definition) is 1. The summed E-state index contributed by atoms with van der Waals surface area (Å²) >= 11 is 0. The lowest BCUT2D eigenvalue weighted by Crippen LogP contribution is -2.08. The van der Waals surface area contributed by atoms with Crippen LogP contribution in [0.2, 0.25) is 0 Å². The SMILES string of the molecule is C=C(CC(C)C)C1=C(C)C=CC(CN)C=C1. The molecule has 1 unspecified atom stereocenters. The molecular weight excluding hydrogens is 194 g/mol. The molecule has 1 heteroatoms. The molecule has 0 aromatic rings. The van der Waals surface area contributed by atoms with Crippen LogP contribution in [0.3, 0.4) is 0 Å². The van der Waals surface area contributed by atoms with E-state index in [0.29, 0.717) is 18.4 Å². The van der Waals surface area contributed by atoms with Gasteiger partial charge in [-0.3, -0.25) is 0 Å². The molecule has 1 atom stereocenters. The van der Waals surface area contributed by atoms with E-state index in [9.17, 15) is 0 Å². The van der Waals surface area contributed by atoms with Crippen molar-refractivity contribution in [1.82, 2.24) is 0 Å². The third-order valence-electron chi connectivity index (χ3n) is 2.84. The van der Waals surface area contributed by atoms with E-state index in [4.69, 9.17) is 5.73 Å². The Morgan fingerprint density at radius 1 is 1.38 bits per heavy atom. The lowest BCUT2D eigenvalue weighted by atomic mass is 9.94. The Labute approximate surface area is 99.4 Å². The molecule has 0 spiro atoms. The average Bonchev–Trinajstić information content (AvgIpc) is 2.39. The molecule has 0 saturated heterocycles. The van der Waals surface area contributed by atoms with Gasteiger partial charge in [0.15, 0.2) is 0 Å². The Morgan fingerprint density at radius 2 is 2.00 bits per heavy atom. The number of rotatable bonds is 4. The van der Waals surface area contributed by atoms with Gasteiger partial charge in [0.25, 0.3) is 0 Å². The number of hydrogen-bond acceptors (Lipinski definition) is 1. The quantitative estimate of drug-likeness (QED) is 0.765.